The van der Waals surface area contributed by atoms with Gasteiger partial charge in [-0.15, -0.1) is 0 Å². The number of nitrogens with one attached hydrogen (secondary N) is 1. The van der Waals surface area contributed by atoms with Crippen LogP contribution in [0.3, 0.4) is 0 Å². The fourth-order valence-corrected chi connectivity index (χ4v) is 2.81. The Balaban J connectivity index is 2.40. The lowest BCUT2D eigenvalue weighted by Gasteiger charge is -2.14. The second kappa shape index (κ2) is 8.72. The molecule has 0 saturated carbocycles. The molecule has 0 amide bonds. The van der Waals surface area contributed by atoms with Gasteiger partial charge in [0.2, 0.25) is 0 Å². The molecule has 1 heterocycles. The van der Waals surface area contributed by atoms with Crippen molar-refractivity contribution in [2.75, 3.05) is 6.61 Å². The highest BCUT2D eigenvalue weighted by Crippen LogP contribution is 2.37. The van der Waals surface area contributed by atoms with E-state index in [-0.39, 0.29) is 40.6 Å². The van der Waals surface area contributed by atoms with Crippen LogP contribution in [-0.4, -0.2) is 28.5 Å². The summed E-state index contributed by atoms with van der Waals surface area (Å²) in [6.45, 7) is 2.30. The highest BCUT2D eigenvalue weighted by molar-refractivity contribution is 6.33. The van der Waals surface area contributed by atoms with Crippen molar-refractivity contribution < 1.29 is 19.7 Å². The van der Waals surface area contributed by atoms with Crippen LogP contribution in [-0.2, 0) is 11.2 Å². The lowest BCUT2D eigenvalue weighted by Crippen LogP contribution is -2.12. The number of carbonyl (C=O) groups excluding carboxylic acids is 1. The summed E-state index contributed by atoms with van der Waals surface area (Å²) in [6, 6.07) is 1.01. The fourth-order valence-electron chi connectivity index (χ4n) is 2.60. The number of phenols is 2. The Morgan fingerprint density at radius 3 is 2.80 bits per heavy atom. The van der Waals surface area contributed by atoms with Gasteiger partial charge in [-0.1, -0.05) is 36.8 Å². The minimum atomic E-state index is -0.710. The van der Waals surface area contributed by atoms with Gasteiger partial charge in [-0.3, -0.25) is 0 Å². The van der Waals surface area contributed by atoms with Crippen LogP contribution in [0.2, 0.25) is 5.02 Å². The van der Waals surface area contributed by atoms with Crippen molar-refractivity contribution in [1.29, 1.82) is 5.41 Å². The minimum Gasteiger partial charge on any atom is -0.507 e. The number of halogens is 1. The summed E-state index contributed by atoms with van der Waals surface area (Å²) in [5, 5.41) is 27.9. The first-order valence-electron chi connectivity index (χ1n) is 8.21. The first-order valence-corrected chi connectivity index (χ1v) is 8.59. The Kier molecular flexibility index (Phi) is 6.65. The van der Waals surface area contributed by atoms with Gasteiger partial charge >= 0.3 is 5.97 Å². The molecule has 134 valence electrons. The van der Waals surface area contributed by atoms with Gasteiger partial charge in [-0.2, -0.15) is 0 Å². The number of cyclic esters (lactones) is 1. The SMILES string of the molecule is CC1/C=C/CCCOC(=O)c2c(O)cc(O)c(Cl)c2CC(=N)/C=C/C1. The average molecular weight is 364 g/mol. The van der Waals surface area contributed by atoms with Gasteiger partial charge in [0.1, 0.15) is 17.1 Å². The number of fused-ring (bicyclic) bond motifs is 1. The van der Waals surface area contributed by atoms with E-state index in [2.05, 4.69) is 19.1 Å². The zero-order valence-corrected chi connectivity index (χ0v) is 14.8. The average Bonchev–Trinajstić information content (AvgIpc) is 2.55. The molecule has 0 radical (unpaired) electrons. The molecule has 5 nitrogen and oxygen atoms in total. The van der Waals surface area contributed by atoms with Gasteiger partial charge in [0, 0.05) is 18.2 Å². The van der Waals surface area contributed by atoms with Crippen LogP contribution >= 0.6 is 11.6 Å². The Morgan fingerprint density at radius 1 is 1.28 bits per heavy atom. The van der Waals surface area contributed by atoms with Gasteiger partial charge in [-0.25, -0.2) is 4.79 Å². The Morgan fingerprint density at radius 2 is 2.04 bits per heavy atom. The first-order chi connectivity index (χ1) is 11.9. The number of aromatic hydroxyl groups is 2. The third-order valence-corrected chi connectivity index (χ3v) is 4.35. The van der Waals surface area contributed by atoms with E-state index in [4.69, 9.17) is 21.7 Å². The molecule has 3 N–H and O–H groups in total. The molecule has 1 unspecified atom stereocenters. The maximum Gasteiger partial charge on any atom is 0.342 e. The molecule has 1 atom stereocenters. The summed E-state index contributed by atoms with van der Waals surface area (Å²) in [4.78, 5) is 12.4. The van der Waals surface area contributed by atoms with Crippen molar-refractivity contribution in [2.45, 2.75) is 32.6 Å². The molecule has 6 heteroatoms. The summed E-state index contributed by atoms with van der Waals surface area (Å²) in [5.41, 5.74) is 0.312. The first kappa shape index (κ1) is 19.1. The zero-order valence-electron chi connectivity index (χ0n) is 14.1. The van der Waals surface area contributed by atoms with E-state index in [0.29, 0.717) is 12.3 Å². The molecule has 0 aromatic heterocycles. The number of ether oxygens (including phenoxy) is 1. The molecule has 0 bridgehead atoms. The Hall–Kier alpha value is -2.27. The third kappa shape index (κ3) is 5.10. The van der Waals surface area contributed by atoms with Gasteiger partial charge in [0.15, 0.2) is 0 Å². The highest BCUT2D eigenvalue weighted by atomic mass is 35.5. The van der Waals surface area contributed by atoms with E-state index in [0.717, 1.165) is 18.9 Å². The van der Waals surface area contributed by atoms with Gasteiger partial charge in [0.05, 0.1) is 11.6 Å². The smallest absolute Gasteiger partial charge is 0.342 e. The van der Waals surface area contributed by atoms with Crippen LogP contribution in [0.15, 0.2) is 30.4 Å². The molecule has 0 aliphatic carbocycles. The Bertz CT molecular complexity index is 725. The predicted octanol–water partition coefficient (Wildman–Crippen LogP) is 4.40. The molecule has 0 saturated heterocycles. The van der Waals surface area contributed by atoms with E-state index in [9.17, 15) is 15.0 Å². The van der Waals surface area contributed by atoms with Crippen LogP contribution in [0.1, 0.15) is 42.1 Å². The van der Waals surface area contributed by atoms with Crippen molar-refractivity contribution in [3.8, 4) is 11.5 Å². The lowest BCUT2D eigenvalue weighted by molar-refractivity contribution is 0.0497. The van der Waals surface area contributed by atoms with E-state index in [1.54, 1.807) is 6.08 Å². The van der Waals surface area contributed by atoms with Crippen molar-refractivity contribution in [3.05, 3.63) is 46.5 Å². The van der Waals surface area contributed by atoms with Gasteiger partial charge < -0.3 is 20.4 Å². The Labute approximate surface area is 152 Å². The summed E-state index contributed by atoms with van der Waals surface area (Å²) < 4.78 is 5.22. The molecule has 0 fully saturated rings. The minimum absolute atomic E-state index is 0.00590. The van der Waals surface area contributed by atoms with Crippen LogP contribution in [0.25, 0.3) is 0 Å². The molecule has 2 rings (SSSR count). The van der Waals surface area contributed by atoms with E-state index in [1.807, 2.05) is 6.08 Å². The molecular formula is C19H22ClNO4. The molecule has 1 aromatic rings. The van der Waals surface area contributed by atoms with Crippen molar-refractivity contribution >= 4 is 23.3 Å². The molecule has 25 heavy (non-hydrogen) atoms. The molecule has 1 aliphatic rings. The maximum absolute atomic E-state index is 12.4. The number of carbonyl (C=O) groups is 1. The van der Waals surface area contributed by atoms with Crippen molar-refractivity contribution in [3.63, 3.8) is 0 Å². The topological polar surface area (TPSA) is 90.6 Å². The fraction of sp³-hybridized carbons (Fsp3) is 0.368. The number of allylic oxidation sites excluding steroid dienone is 4. The predicted molar refractivity (Wildman–Crippen MR) is 97.8 cm³/mol. The van der Waals surface area contributed by atoms with Crippen LogP contribution in [0.4, 0.5) is 0 Å². The van der Waals surface area contributed by atoms with Crippen LogP contribution in [0, 0.1) is 11.3 Å². The standard InChI is InChI=1S/C19H22ClNO4/c1-12-6-3-2-4-9-25-19(24)17-14(10-13(21)8-5-7-12)18(20)16(23)11-15(17)22/h3,5-6,8,11-12,21-23H,2,4,7,9-10H2,1H3/b6-3+,8-5+,21-13?. The molecule has 1 aromatic carbocycles. The second-order valence-electron chi connectivity index (χ2n) is 6.11. The van der Waals surface area contributed by atoms with Crippen LogP contribution < -0.4 is 0 Å². The number of phenolic OH excluding ortho intramolecular Hbond substituents is 2. The van der Waals surface area contributed by atoms with Gasteiger partial charge in [-0.05, 0) is 36.8 Å². The number of benzene rings is 1. The number of hydrogen-bond acceptors (Lipinski definition) is 5. The van der Waals surface area contributed by atoms with Crippen LogP contribution in [0.5, 0.6) is 11.5 Å². The number of hydrogen-bond donors (Lipinski definition) is 3. The van der Waals surface area contributed by atoms with Crippen molar-refractivity contribution in [2.24, 2.45) is 5.92 Å². The van der Waals surface area contributed by atoms with Gasteiger partial charge in [0.25, 0.3) is 0 Å². The largest absolute Gasteiger partial charge is 0.507 e. The lowest BCUT2D eigenvalue weighted by atomic mass is 9.99. The summed E-state index contributed by atoms with van der Waals surface area (Å²) in [5.74, 6) is -1.10. The maximum atomic E-state index is 12.4. The number of rotatable bonds is 0. The normalized spacial score (nSPS) is 22.2. The third-order valence-electron chi connectivity index (χ3n) is 3.93. The van der Waals surface area contributed by atoms with Crippen molar-refractivity contribution in [1.82, 2.24) is 0 Å². The summed E-state index contributed by atoms with van der Waals surface area (Å²) >= 11 is 6.11. The monoisotopic (exact) mass is 363 g/mol. The van der Waals surface area contributed by atoms with E-state index in [1.165, 1.54) is 0 Å². The van der Waals surface area contributed by atoms with E-state index < -0.39 is 11.7 Å². The molecule has 1 aliphatic heterocycles. The summed E-state index contributed by atoms with van der Waals surface area (Å²) in [6.07, 6.45) is 9.95. The highest BCUT2D eigenvalue weighted by Gasteiger charge is 2.24. The molecule has 0 spiro atoms. The number of esters is 1. The van der Waals surface area contributed by atoms with E-state index >= 15 is 0 Å². The summed E-state index contributed by atoms with van der Waals surface area (Å²) in [7, 11) is 0. The zero-order chi connectivity index (χ0) is 18.4. The second-order valence-corrected chi connectivity index (χ2v) is 6.48. The quantitative estimate of drug-likeness (QED) is 0.470. The molecular weight excluding hydrogens is 342 g/mol.